The molecule has 0 radical (unpaired) electrons. The minimum absolute atomic E-state index is 0.00926. The summed E-state index contributed by atoms with van der Waals surface area (Å²) in [6, 6.07) is 1.83. The number of nitrogens with zero attached hydrogens (tertiary/aromatic N) is 1. The number of hydrogen-bond acceptors (Lipinski definition) is 4. The normalized spacial score (nSPS) is 9.18. The maximum atomic E-state index is 8.17. The highest BCUT2D eigenvalue weighted by atomic mass is 16.7. The molecule has 0 amide bonds. The van der Waals surface area contributed by atoms with Gasteiger partial charge < -0.3 is 14.0 Å². The molecule has 62 valence electrons. The fourth-order valence-corrected chi connectivity index (χ4v) is 0.522. The third-order valence-corrected chi connectivity index (χ3v) is 0.889. The molecule has 0 aromatic rings. The van der Waals surface area contributed by atoms with E-state index in [1.165, 1.54) is 0 Å². The van der Waals surface area contributed by atoms with Crippen molar-refractivity contribution >= 4 is 7.32 Å². The second-order valence-electron chi connectivity index (χ2n) is 1.67. The van der Waals surface area contributed by atoms with E-state index in [0.29, 0.717) is 13.2 Å². The van der Waals surface area contributed by atoms with Gasteiger partial charge in [0.25, 0.3) is 0 Å². The van der Waals surface area contributed by atoms with Crippen LogP contribution in [-0.4, -0.2) is 27.1 Å². The van der Waals surface area contributed by atoms with Gasteiger partial charge >= 0.3 is 7.32 Å². The Kier molecular flexibility index (Phi) is 7.15. The molecule has 0 unspecified atom stereocenters. The van der Waals surface area contributed by atoms with Crippen LogP contribution >= 0.6 is 0 Å². The average molecular weight is 157 g/mol. The molecule has 0 saturated heterocycles. The predicted octanol–water partition coefficient (Wildman–Crippen LogP) is 0.584. The summed E-state index contributed by atoms with van der Waals surface area (Å²) in [7, 11) is -0.690. The zero-order valence-electron chi connectivity index (χ0n) is 6.87. The van der Waals surface area contributed by atoms with E-state index in [1.807, 2.05) is 19.9 Å². The Balaban J connectivity index is 3.44. The molecule has 0 bridgehead atoms. The molecular weight excluding hydrogens is 145 g/mol. The lowest BCUT2D eigenvalue weighted by Crippen LogP contribution is -2.27. The van der Waals surface area contributed by atoms with E-state index in [1.54, 1.807) is 0 Å². The Bertz CT molecular complexity index is 119. The molecule has 0 N–H and O–H groups in total. The van der Waals surface area contributed by atoms with Crippen LogP contribution in [0.1, 0.15) is 13.8 Å². The monoisotopic (exact) mass is 157 g/mol. The lowest BCUT2D eigenvalue weighted by Gasteiger charge is -2.09. The molecule has 0 atom stereocenters. The highest BCUT2D eigenvalue weighted by Gasteiger charge is 2.18. The maximum absolute atomic E-state index is 8.17. The SMILES string of the molecule is CCOB(OCC)OCC#N. The van der Waals surface area contributed by atoms with Gasteiger partial charge in [-0.25, -0.2) is 0 Å². The first-order chi connectivity index (χ1) is 5.35. The quantitative estimate of drug-likeness (QED) is 0.529. The summed E-state index contributed by atoms with van der Waals surface area (Å²) in [4.78, 5) is 0. The molecule has 0 saturated carbocycles. The topological polar surface area (TPSA) is 51.5 Å². The van der Waals surface area contributed by atoms with Crippen molar-refractivity contribution in [3.8, 4) is 6.07 Å². The summed E-state index contributed by atoms with van der Waals surface area (Å²) in [5.74, 6) is 0. The van der Waals surface area contributed by atoms with Crippen LogP contribution in [0.2, 0.25) is 0 Å². The van der Waals surface area contributed by atoms with Crippen LogP contribution in [0.15, 0.2) is 0 Å². The first-order valence-corrected chi connectivity index (χ1v) is 3.56. The fraction of sp³-hybridized carbons (Fsp3) is 0.833. The van der Waals surface area contributed by atoms with Crippen LogP contribution in [0.5, 0.6) is 0 Å². The van der Waals surface area contributed by atoms with Crippen molar-refractivity contribution in [2.24, 2.45) is 0 Å². The van der Waals surface area contributed by atoms with Crippen molar-refractivity contribution < 1.29 is 14.0 Å². The standard InChI is InChI=1S/C6H12BNO3/c1-3-9-7(10-4-2)11-6-5-8/h3-4,6H2,1-2H3. The highest BCUT2D eigenvalue weighted by Crippen LogP contribution is 1.91. The molecule has 0 aromatic heterocycles. The van der Waals surface area contributed by atoms with Gasteiger partial charge in [0.2, 0.25) is 0 Å². The van der Waals surface area contributed by atoms with Crippen LogP contribution in [0.3, 0.4) is 0 Å². The summed E-state index contributed by atoms with van der Waals surface area (Å²) in [6.45, 7) is 4.68. The summed E-state index contributed by atoms with van der Waals surface area (Å²) in [5.41, 5.74) is 0. The van der Waals surface area contributed by atoms with Crippen molar-refractivity contribution in [1.82, 2.24) is 0 Å². The highest BCUT2D eigenvalue weighted by molar-refractivity contribution is 6.36. The smallest absolute Gasteiger partial charge is 0.386 e. The van der Waals surface area contributed by atoms with E-state index in [0.717, 1.165) is 0 Å². The van der Waals surface area contributed by atoms with Crippen LogP contribution in [0.25, 0.3) is 0 Å². The van der Waals surface area contributed by atoms with Crippen LogP contribution in [0.4, 0.5) is 0 Å². The van der Waals surface area contributed by atoms with Crippen molar-refractivity contribution in [2.75, 3.05) is 19.8 Å². The van der Waals surface area contributed by atoms with Crippen molar-refractivity contribution in [3.63, 3.8) is 0 Å². The van der Waals surface area contributed by atoms with Gasteiger partial charge in [-0.15, -0.1) is 0 Å². The van der Waals surface area contributed by atoms with Crippen molar-refractivity contribution in [3.05, 3.63) is 0 Å². The average Bonchev–Trinajstić information content (AvgIpc) is 2.01. The van der Waals surface area contributed by atoms with E-state index >= 15 is 0 Å². The van der Waals surface area contributed by atoms with Gasteiger partial charge in [-0.3, -0.25) is 0 Å². The van der Waals surface area contributed by atoms with E-state index in [4.69, 9.17) is 19.2 Å². The zero-order chi connectivity index (χ0) is 8.53. The lowest BCUT2D eigenvalue weighted by atomic mass is 10.2. The molecule has 0 aliphatic heterocycles. The lowest BCUT2D eigenvalue weighted by molar-refractivity contribution is 0.113. The van der Waals surface area contributed by atoms with Crippen LogP contribution in [0, 0.1) is 11.3 Å². The first-order valence-electron chi connectivity index (χ1n) is 3.56. The maximum Gasteiger partial charge on any atom is 0.640 e. The molecule has 0 aliphatic carbocycles. The van der Waals surface area contributed by atoms with Gasteiger partial charge in [0, 0.05) is 13.2 Å². The van der Waals surface area contributed by atoms with Gasteiger partial charge in [0.15, 0.2) is 0 Å². The second kappa shape index (κ2) is 7.54. The molecule has 0 rings (SSSR count). The minimum Gasteiger partial charge on any atom is -0.386 e. The van der Waals surface area contributed by atoms with Gasteiger partial charge in [-0.05, 0) is 13.8 Å². The largest absolute Gasteiger partial charge is 0.640 e. The Morgan fingerprint density at radius 3 is 2.09 bits per heavy atom. The Hall–Kier alpha value is -0.565. The molecule has 11 heavy (non-hydrogen) atoms. The van der Waals surface area contributed by atoms with Crippen molar-refractivity contribution in [1.29, 1.82) is 5.26 Å². The summed E-state index contributed by atoms with van der Waals surface area (Å²) >= 11 is 0. The number of rotatable bonds is 6. The van der Waals surface area contributed by atoms with E-state index in [9.17, 15) is 0 Å². The molecule has 0 aliphatic rings. The van der Waals surface area contributed by atoms with Crippen LogP contribution in [-0.2, 0) is 14.0 Å². The van der Waals surface area contributed by atoms with E-state index < -0.39 is 7.32 Å². The molecule has 0 heterocycles. The Labute approximate surface area is 67.2 Å². The second-order valence-corrected chi connectivity index (χ2v) is 1.67. The number of nitriles is 1. The molecule has 5 heteroatoms. The molecule has 0 spiro atoms. The number of hydrogen-bond donors (Lipinski definition) is 0. The summed E-state index contributed by atoms with van der Waals surface area (Å²) in [5, 5.41) is 8.17. The van der Waals surface area contributed by atoms with E-state index in [-0.39, 0.29) is 6.61 Å². The van der Waals surface area contributed by atoms with Gasteiger partial charge in [-0.1, -0.05) is 0 Å². The zero-order valence-corrected chi connectivity index (χ0v) is 6.87. The molecule has 0 fully saturated rings. The molecule has 4 nitrogen and oxygen atoms in total. The van der Waals surface area contributed by atoms with Gasteiger partial charge in [-0.2, -0.15) is 5.26 Å². The van der Waals surface area contributed by atoms with Crippen molar-refractivity contribution in [2.45, 2.75) is 13.8 Å². The minimum atomic E-state index is -0.690. The first kappa shape index (κ1) is 10.4. The third-order valence-electron chi connectivity index (χ3n) is 0.889. The predicted molar refractivity (Wildman–Crippen MR) is 40.6 cm³/mol. The molecule has 0 aromatic carbocycles. The Morgan fingerprint density at radius 1 is 1.18 bits per heavy atom. The summed E-state index contributed by atoms with van der Waals surface area (Å²) in [6.07, 6.45) is 0. The van der Waals surface area contributed by atoms with E-state index in [2.05, 4.69) is 0 Å². The Morgan fingerprint density at radius 2 is 1.73 bits per heavy atom. The summed E-state index contributed by atoms with van der Waals surface area (Å²) < 4.78 is 14.8. The van der Waals surface area contributed by atoms with Gasteiger partial charge in [0.05, 0.1) is 6.07 Å². The third kappa shape index (κ3) is 5.86. The fourth-order valence-electron chi connectivity index (χ4n) is 0.522. The molecular formula is C6H12BNO3. The van der Waals surface area contributed by atoms with Crippen LogP contribution < -0.4 is 0 Å². The van der Waals surface area contributed by atoms with Gasteiger partial charge in [0.1, 0.15) is 6.61 Å².